The largest absolute Gasteiger partial charge is 0.508 e. The molecule has 4 rings (SSSR count). The molecule has 0 radical (unpaired) electrons. The molecule has 1 amide bonds. The van der Waals surface area contributed by atoms with Crippen LogP contribution in [-0.4, -0.2) is 88.7 Å². The number of benzene rings is 1. The van der Waals surface area contributed by atoms with Crippen molar-refractivity contribution in [3.63, 3.8) is 0 Å². The fraction of sp³-hybridized carbons (Fsp3) is 0.519. The molecule has 0 bridgehead atoms. The van der Waals surface area contributed by atoms with Gasteiger partial charge in [0, 0.05) is 49.4 Å². The molecule has 0 aliphatic heterocycles. The number of nitrogens with two attached hydrogens (primary N) is 1. The number of primary amides is 1. The van der Waals surface area contributed by atoms with Crippen molar-refractivity contribution in [2.45, 2.75) is 50.9 Å². The summed E-state index contributed by atoms with van der Waals surface area (Å²) in [7, 11) is 6.82. The summed E-state index contributed by atoms with van der Waals surface area (Å²) in [5, 5.41) is 48.6. The van der Waals surface area contributed by atoms with Gasteiger partial charge in [-0.3, -0.25) is 19.3 Å². The molecule has 2 unspecified atom stereocenters. The number of ketones is 2. The fourth-order valence-corrected chi connectivity index (χ4v) is 6.19. The van der Waals surface area contributed by atoms with Gasteiger partial charge < -0.3 is 36.4 Å². The van der Waals surface area contributed by atoms with Crippen LogP contribution in [0.3, 0.4) is 0 Å². The molecular weight excluding hydrogens is 492 g/mol. The minimum Gasteiger partial charge on any atom is -0.508 e. The Balaban J connectivity index is 1.97. The van der Waals surface area contributed by atoms with E-state index in [0.29, 0.717) is 17.7 Å². The van der Waals surface area contributed by atoms with Crippen LogP contribution in [0.15, 0.2) is 23.0 Å². The molecule has 11 heteroatoms. The second-order valence-electron chi connectivity index (χ2n) is 11.1. The van der Waals surface area contributed by atoms with E-state index >= 15 is 0 Å². The van der Waals surface area contributed by atoms with E-state index < -0.39 is 58.0 Å². The van der Waals surface area contributed by atoms with Gasteiger partial charge in [-0.25, -0.2) is 0 Å². The Morgan fingerprint density at radius 3 is 2.34 bits per heavy atom. The summed E-state index contributed by atoms with van der Waals surface area (Å²) in [4.78, 5) is 42.6. The van der Waals surface area contributed by atoms with Crippen molar-refractivity contribution in [1.29, 1.82) is 0 Å². The van der Waals surface area contributed by atoms with E-state index in [2.05, 4.69) is 5.32 Å². The lowest BCUT2D eigenvalue weighted by molar-refractivity contribution is -0.153. The molecule has 38 heavy (non-hydrogen) atoms. The van der Waals surface area contributed by atoms with Crippen molar-refractivity contribution in [2.24, 2.45) is 17.6 Å². The lowest BCUT2D eigenvalue weighted by atomic mass is 9.57. The molecule has 1 saturated carbocycles. The Hall–Kier alpha value is -3.41. The number of nitrogens with one attached hydrogen (secondary N) is 1. The van der Waals surface area contributed by atoms with E-state index in [1.807, 2.05) is 38.9 Å². The van der Waals surface area contributed by atoms with Crippen LogP contribution in [0.2, 0.25) is 0 Å². The van der Waals surface area contributed by atoms with Gasteiger partial charge in [0.25, 0.3) is 5.91 Å². The molecule has 0 saturated heterocycles. The standard InChI is InChI=1S/C27H36N4O7/c1-11(2)29-10-13-9-16(30(3)4)14-7-12-8-15-20(31(5)6)23(34)19(26(28)37)25(36)27(15,38)24(35)17(12)22(33)18(14)21(13)32/h9,11-12,15,20,29,32-33,36,38H,7-8,10H2,1-6H3,(H2,28,37)/t12?,15?,20-,27+/m1/s1. The van der Waals surface area contributed by atoms with Crippen LogP contribution < -0.4 is 16.0 Å². The third-order valence-corrected chi connectivity index (χ3v) is 7.96. The average molecular weight is 529 g/mol. The summed E-state index contributed by atoms with van der Waals surface area (Å²) in [5.74, 6) is -6.55. The number of aliphatic hydroxyl groups is 3. The van der Waals surface area contributed by atoms with E-state index in [1.54, 1.807) is 14.1 Å². The number of aromatic hydroxyl groups is 1. The number of anilines is 1. The van der Waals surface area contributed by atoms with Crippen molar-refractivity contribution < 1.29 is 34.8 Å². The predicted octanol–water partition coefficient (Wildman–Crippen LogP) is 0.528. The Bertz CT molecular complexity index is 1300. The number of amides is 1. The number of likely N-dealkylation sites (N-methyl/N-ethyl adjacent to an activating group) is 1. The summed E-state index contributed by atoms with van der Waals surface area (Å²) in [6.07, 6.45) is 0.295. The number of aliphatic hydroxyl groups excluding tert-OH is 2. The van der Waals surface area contributed by atoms with Gasteiger partial charge in [-0.1, -0.05) is 13.8 Å². The maximum atomic E-state index is 14.0. The molecule has 1 fully saturated rings. The maximum absolute atomic E-state index is 14.0. The van der Waals surface area contributed by atoms with Crippen LogP contribution >= 0.6 is 0 Å². The number of phenolic OH excluding ortho intramolecular Hbond substituents is 1. The number of carbonyl (C=O) groups is 3. The Kier molecular flexibility index (Phi) is 6.84. The highest BCUT2D eigenvalue weighted by atomic mass is 16.3. The molecule has 7 N–H and O–H groups in total. The molecule has 4 atom stereocenters. The third kappa shape index (κ3) is 3.88. The van der Waals surface area contributed by atoms with Gasteiger partial charge in [0.15, 0.2) is 11.4 Å². The van der Waals surface area contributed by atoms with Crippen LogP contribution in [-0.2, 0) is 27.3 Å². The first-order valence-corrected chi connectivity index (χ1v) is 12.6. The Labute approximate surface area is 221 Å². The van der Waals surface area contributed by atoms with E-state index in [0.717, 1.165) is 5.69 Å². The third-order valence-electron chi connectivity index (χ3n) is 7.96. The number of nitrogens with zero attached hydrogens (tertiary/aromatic N) is 2. The highest BCUT2D eigenvalue weighted by Crippen LogP contribution is 2.54. The lowest BCUT2D eigenvalue weighted by Crippen LogP contribution is -2.65. The molecule has 3 aliphatic carbocycles. The zero-order chi connectivity index (χ0) is 28.4. The molecule has 206 valence electrons. The zero-order valence-corrected chi connectivity index (χ0v) is 22.5. The van der Waals surface area contributed by atoms with Gasteiger partial charge in [0.05, 0.1) is 11.6 Å². The summed E-state index contributed by atoms with van der Waals surface area (Å²) < 4.78 is 0. The predicted molar refractivity (Wildman–Crippen MR) is 141 cm³/mol. The van der Waals surface area contributed by atoms with Crippen molar-refractivity contribution >= 4 is 28.9 Å². The van der Waals surface area contributed by atoms with Crippen molar-refractivity contribution in [1.82, 2.24) is 10.2 Å². The minimum atomic E-state index is -2.65. The lowest BCUT2D eigenvalue weighted by Gasteiger charge is -2.50. The van der Waals surface area contributed by atoms with E-state index in [-0.39, 0.29) is 35.8 Å². The first-order chi connectivity index (χ1) is 17.6. The number of hydrogen-bond acceptors (Lipinski definition) is 10. The average Bonchev–Trinajstić information content (AvgIpc) is 2.80. The smallest absolute Gasteiger partial charge is 0.255 e. The van der Waals surface area contributed by atoms with Gasteiger partial charge in [-0.15, -0.1) is 0 Å². The highest BCUT2D eigenvalue weighted by Gasteiger charge is 2.64. The van der Waals surface area contributed by atoms with E-state index in [4.69, 9.17) is 5.73 Å². The zero-order valence-electron chi connectivity index (χ0n) is 22.5. The second-order valence-corrected chi connectivity index (χ2v) is 11.1. The summed E-state index contributed by atoms with van der Waals surface area (Å²) >= 11 is 0. The van der Waals surface area contributed by atoms with Gasteiger partial charge in [0.1, 0.15) is 22.8 Å². The maximum Gasteiger partial charge on any atom is 0.255 e. The van der Waals surface area contributed by atoms with Crippen molar-refractivity contribution in [3.05, 3.63) is 39.7 Å². The summed E-state index contributed by atoms with van der Waals surface area (Å²) in [5.41, 5.74) is 3.71. The SMILES string of the molecule is CC(C)NCc1cc(N(C)C)c2c(c1O)C(O)=C1C(=O)[C@]3(O)C(O)=C(C(N)=O)C(=O)[C@H](N(C)C)C3CC1C2. The fourth-order valence-electron chi connectivity index (χ4n) is 6.19. The Morgan fingerprint density at radius 2 is 1.82 bits per heavy atom. The number of phenols is 1. The summed E-state index contributed by atoms with van der Waals surface area (Å²) in [6.45, 7) is 4.22. The molecule has 0 aromatic heterocycles. The quantitative estimate of drug-likeness (QED) is 0.286. The Morgan fingerprint density at radius 1 is 1.18 bits per heavy atom. The molecular formula is C27H36N4O7. The number of carbonyl (C=O) groups excluding carboxylic acids is 3. The topological polar surface area (TPSA) is 177 Å². The second kappa shape index (κ2) is 9.40. The van der Waals surface area contributed by atoms with Crippen LogP contribution in [0.25, 0.3) is 5.76 Å². The van der Waals surface area contributed by atoms with Crippen LogP contribution in [0.1, 0.15) is 37.0 Å². The van der Waals surface area contributed by atoms with Crippen LogP contribution in [0.5, 0.6) is 5.75 Å². The van der Waals surface area contributed by atoms with Crippen molar-refractivity contribution in [2.75, 3.05) is 33.1 Å². The molecule has 0 spiro atoms. The number of rotatable bonds is 6. The van der Waals surface area contributed by atoms with Crippen LogP contribution in [0, 0.1) is 11.8 Å². The molecule has 1 aromatic carbocycles. The van der Waals surface area contributed by atoms with Gasteiger partial charge in [0.2, 0.25) is 5.78 Å². The van der Waals surface area contributed by atoms with Gasteiger partial charge >= 0.3 is 0 Å². The van der Waals surface area contributed by atoms with E-state index in [1.165, 1.54) is 4.90 Å². The normalized spacial score (nSPS) is 27.0. The highest BCUT2D eigenvalue weighted by molar-refractivity contribution is 6.24. The molecule has 3 aliphatic rings. The number of Topliss-reactive ketones (excluding diaryl/α,β-unsaturated/α-hetero) is 2. The first-order valence-electron chi connectivity index (χ1n) is 12.6. The van der Waals surface area contributed by atoms with Gasteiger partial charge in [-0.2, -0.15) is 0 Å². The minimum absolute atomic E-state index is 0.0516. The summed E-state index contributed by atoms with van der Waals surface area (Å²) in [6, 6.07) is 0.852. The van der Waals surface area contributed by atoms with Crippen molar-refractivity contribution in [3.8, 4) is 5.75 Å². The van der Waals surface area contributed by atoms with Crippen LogP contribution in [0.4, 0.5) is 5.69 Å². The van der Waals surface area contributed by atoms with Gasteiger partial charge in [-0.05, 0) is 44.5 Å². The van der Waals surface area contributed by atoms with E-state index in [9.17, 15) is 34.8 Å². The first kappa shape index (κ1) is 27.6. The number of hydrogen-bond donors (Lipinski definition) is 6. The molecule has 1 aromatic rings. The molecule has 11 nitrogen and oxygen atoms in total. The monoisotopic (exact) mass is 528 g/mol. The molecule has 0 heterocycles. The number of fused-ring (bicyclic) bond motifs is 3.